The maximum atomic E-state index is 12.8. The summed E-state index contributed by atoms with van der Waals surface area (Å²) in [5.74, 6) is -0.0590. The molecule has 5 heteroatoms. The molecule has 0 spiro atoms. The van der Waals surface area contributed by atoms with Crippen LogP contribution in [0.25, 0.3) is 0 Å². The molecule has 0 saturated carbocycles. The molecule has 0 aliphatic carbocycles. The highest BCUT2D eigenvalue weighted by molar-refractivity contribution is 6.09. The van der Waals surface area contributed by atoms with E-state index in [4.69, 9.17) is 0 Å². The predicted octanol–water partition coefficient (Wildman–Crippen LogP) is 4.89. The normalized spacial score (nSPS) is 12.5. The van der Waals surface area contributed by atoms with Gasteiger partial charge in [0.1, 0.15) is 0 Å². The quantitative estimate of drug-likeness (QED) is 0.565. The van der Waals surface area contributed by atoms with Crippen molar-refractivity contribution in [3.8, 4) is 0 Å². The maximum absolute atomic E-state index is 12.8. The summed E-state index contributed by atoms with van der Waals surface area (Å²) in [4.78, 5) is 27.7. The van der Waals surface area contributed by atoms with Gasteiger partial charge in [0.15, 0.2) is 0 Å². The Labute approximate surface area is 189 Å². The van der Waals surface area contributed by atoms with Gasteiger partial charge in [-0.15, -0.1) is 0 Å². The van der Waals surface area contributed by atoms with E-state index in [0.29, 0.717) is 29.3 Å². The Hall–Kier alpha value is -3.60. The molecule has 0 atom stereocenters. The summed E-state index contributed by atoms with van der Waals surface area (Å²) >= 11 is 0. The summed E-state index contributed by atoms with van der Waals surface area (Å²) in [5.41, 5.74) is 5.38. The minimum Gasteiger partial charge on any atom is -0.367 e. The van der Waals surface area contributed by atoms with E-state index in [-0.39, 0.29) is 11.8 Å². The smallest absolute Gasteiger partial charge is 0.255 e. The minimum absolute atomic E-state index is 0.184. The molecule has 164 valence electrons. The Morgan fingerprint density at radius 2 is 1.62 bits per heavy atom. The Morgan fingerprint density at radius 1 is 0.906 bits per heavy atom. The number of anilines is 2. The van der Waals surface area contributed by atoms with Crippen molar-refractivity contribution >= 4 is 23.2 Å². The number of hydrogen-bond donors (Lipinski definition) is 2. The van der Waals surface area contributed by atoms with Gasteiger partial charge < -0.3 is 15.5 Å². The summed E-state index contributed by atoms with van der Waals surface area (Å²) in [6.07, 6.45) is 1.07. The molecule has 2 N–H and O–H groups in total. The van der Waals surface area contributed by atoms with Gasteiger partial charge in [-0.3, -0.25) is 9.59 Å². The summed E-state index contributed by atoms with van der Waals surface area (Å²) in [6, 6.07) is 23.3. The SMILES string of the molecule is CC(C)CNC(=O)c1ccccc1NC(=O)c1ccc(CN2CCc3ccccc32)cc1. The van der Waals surface area contributed by atoms with Gasteiger partial charge in [0.25, 0.3) is 11.8 Å². The largest absolute Gasteiger partial charge is 0.367 e. The Balaban J connectivity index is 1.41. The first-order chi connectivity index (χ1) is 15.5. The zero-order valence-electron chi connectivity index (χ0n) is 18.6. The zero-order valence-corrected chi connectivity index (χ0v) is 18.6. The van der Waals surface area contributed by atoms with Crippen LogP contribution in [0.15, 0.2) is 72.8 Å². The highest BCUT2D eigenvalue weighted by Gasteiger charge is 2.19. The fourth-order valence-electron chi connectivity index (χ4n) is 3.93. The second kappa shape index (κ2) is 9.69. The van der Waals surface area contributed by atoms with Crippen LogP contribution in [0.1, 0.15) is 45.7 Å². The molecule has 1 heterocycles. The van der Waals surface area contributed by atoms with Crippen molar-refractivity contribution in [2.24, 2.45) is 5.92 Å². The topological polar surface area (TPSA) is 61.4 Å². The molecule has 5 nitrogen and oxygen atoms in total. The van der Waals surface area contributed by atoms with Crippen molar-refractivity contribution in [1.29, 1.82) is 0 Å². The lowest BCUT2D eigenvalue weighted by molar-refractivity contribution is 0.0950. The second-order valence-electron chi connectivity index (χ2n) is 8.60. The van der Waals surface area contributed by atoms with Crippen LogP contribution in [-0.4, -0.2) is 24.9 Å². The van der Waals surface area contributed by atoms with Crippen molar-refractivity contribution in [2.75, 3.05) is 23.3 Å². The number of hydrogen-bond acceptors (Lipinski definition) is 3. The van der Waals surface area contributed by atoms with Gasteiger partial charge in [-0.2, -0.15) is 0 Å². The standard InChI is InChI=1S/C27H29N3O2/c1-19(2)17-28-27(32)23-8-4-5-9-24(23)29-26(31)22-13-11-20(12-14-22)18-30-16-15-21-7-3-6-10-25(21)30/h3-14,19H,15-18H2,1-2H3,(H,28,32)(H,29,31). The van der Waals surface area contributed by atoms with Crippen molar-refractivity contribution < 1.29 is 9.59 Å². The fraction of sp³-hybridized carbons (Fsp3) is 0.259. The first kappa shape index (κ1) is 21.6. The molecule has 0 saturated heterocycles. The number of nitrogens with one attached hydrogen (secondary N) is 2. The first-order valence-corrected chi connectivity index (χ1v) is 11.1. The van der Waals surface area contributed by atoms with E-state index in [2.05, 4.69) is 39.8 Å². The van der Waals surface area contributed by atoms with Crippen LogP contribution in [0.4, 0.5) is 11.4 Å². The monoisotopic (exact) mass is 427 g/mol. The van der Waals surface area contributed by atoms with Gasteiger partial charge >= 0.3 is 0 Å². The van der Waals surface area contributed by atoms with E-state index in [1.165, 1.54) is 11.3 Å². The van der Waals surface area contributed by atoms with E-state index in [1.807, 2.05) is 44.2 Å². The van der Waals surface area contributed by atoms with Crippen molar-refractivity contribution in [3.05, 3.63) is 95.1 Å². The van der Waals surface area contributed by atoms with E-state index < -0.39 is 0 Å². The van der Waals surface area contributed by atoms with Crippen LogP contribution in [0.2, 0.25) is 0 Å². The van der Waals surface area contributed by atoms with E-state index in [9.17, 15) is 9.59 Å². The van der Waals surface area contributed by atoms with Gasteiger partial charge in [-0.05, 0) is 53.8 Å². The average molecular weight is 428 g/mol. The first-order valence-electron chi connectivity index (χ1n) is 11.1. The Kier molecular flexibility index (Phi) is 6.55. The molecule has 0 fully saturated rings. The van der Waals surface area contributed by atoms with Crippen LogP contribution >= 0.6 is 0 Å². The molecule has 1 aliphatic rings. The van der Waals surface area contributed by atoms with Crippen molar-refractivity contribution in [3.63, 3.8) is 0 Å². The average Bonchev–Trinajstić information content (AvgIpc) is 3.21. The van der Waals surface area contributed by atoms with E-state index in [1.54, 1.807) is 18.2 Å². The number of para-hydroxylation sites is 2. The second-order valence-corrected chi connectivity index (χ2v) is 8.60. The van der Waals surface area contributed by atoms with Crippen LogP contribution in [0, 0.1) is 5.92 Å². The number of benzene rings is 3. The van der Waals surface area contributed by atoms with Crippen LogP contribution in [-0.2, 0) is 13.0 Å². The molecular weight excluding hydrogens is 398 g/mol. The lowest BCUT2D eigenvalue weighted by atomic mass is 10.1. The molecular formula is C27H29N3O2. The molecule has 0 aromatic heterocycles. The van der Waals surface area contributed by atoms with Crippen LogP contribution in [0.5, 0.6) is 0 Å². The fourth-order valence-corrected chi connectivity index (χ4v) is 3.93. The van der Waals surface area contributed by atoms with E-state index >= 15 is 0 Å². The summed E-state index contributed by atoms with van der Waals surface area (Å²) in [5, 5.41) is 5.80. The lowest BCUT2D eigenvalue weighted by Crippen LogP contribution is -2.28. The highest BCUT2D eigenvalue weighted by atomic mass is 16.2. The molecule has 0 bridgehead atoms. The third kappa shape index (κ3) is 4.99. The molecule has 0 radical (unpaired) electrons. The van der Waals surface area contributed by atoms with Crippen molar-refractivity contribution in [1.82, 2.24) is 5.32 Å². The van der Waals surface area contributed by atoms with Gasteiger partial charge in [0, 0.05) is 30.9 Å². The Morgan fingerprint density at radius 3 is 2.41 bits per heavy atom. The molecule has 0 unspecified atom stereocenters. The van der Waals surface area contributed by atoms with E-state index in [0.717, 1.165) is 25.1 Å². The number of carbonyl (C=O) groups excluding carboxylic acids is 2. The summed E-state index contributed by atoms with van der Waals surface area (Å²) in [7, 11) is 0. The summed E-state index contributed by atoms with van der Waals surface area (Å²) < 4.78 is 0. The molecule has 3 aromatic carbocycles. The zero-order chi connectivity index (χ0) is 22.5. The maximum Gasteiger partial charge on any atom is 0.255 e. The predicted molar refractivity (Wildman–Crippen MR) is 129 cm³/mol. The number of nitrogens with zero attached hydrogens (tertiary/aromatic N) is 1. The lowest BCUT2D eigenvalue weighted by Gasteiger charge is -2.19. The third-order valence-corrected chi connectivity index (χ3v) is 5.66. The number of fused-ring (bicyclic) bond motifs is 1. The Bertz CT molecular complexity index is 1110. The molecule has 3 aromatic rings. The number of rotatable bonds is 7. The number of carbonyl (C=O) groups is 2. The van der Waals surface area contributed by atoms with Gasteiger partial charge in [-0.1, -0.05) is 56.3 Å². The molecule has 32 heavy (non-hydrogen) atoms. The number of amides is 2. The molecule has 2 amide bonds. The van der Waals surface area contributed by atoms with Gasteiger partial charge in [0.2, 0.25) is 0 Å². The third-order valence-electron chi connectivity index (χ3n) is 5.66. The van der Waals surface area contributed by atoms with Crippen molar-refractivity contribution in [2.45, 2.75) is 26.8 Å². The van der Waals surface area contributed by atoms with Crippen LogP contribution in [0.3, 0.4) is 0 Å². The highest BCUT2D eigenvalue weighted by Crippen LogP contribution is 2.28. The molecule has 1 aliphatic heterocycles. The van der Waals surface area contributed by atoms with Gasteiger partial charge in [0.05, 0.1) is 11.3 Å². The minimum atomic E-state index is -0.229. The molecule has 4 rings (SSSR count). The van der Waals surface area contributed by atoms with Crippen LogP contribution < -0.4 is 15.5 Å². The summed E-state index contributed by atoms with van der Waals surface area (Å²) in [6.45, 7) is 6.50. The van der Waals surface area contributed by atoms with Gasteiger partial charge in [-0.25, -0.2) is 0 Å².